The van der Waals surface area contributed by atoms with Crippen molar-refractivity contribution < 1.29 is 32.9 Å². The Morgan fingerprint density at radius 1 is 0.720 bits per heavy atom. The van der Waals surface area contributed by atoms with Crippen molar-refractivity contribution in [1.29, 1.82) is 0 Å². The van der Waals surface area contributed by atoms with E-state index in [4.69, 9.17) is 9.05 Å². The number of nitrogens with zero attached hydrogens (tertiary/aromatic N) is 1. The number of nitrogens with one attached hydrogen (secondary N) is 1. The number of allylic oxidation sites excluding steroid dienone is 6. The van der Waals surface area contributed by atoms with Crippen molar-refractivity contribution in [3.63, 3.8) is 0 Å². The summed E-state index contributed by atoms with van der Waals surface area (Å²) in [6.45, 7) is 4.57. The van der Waals surface area contributed by atoms with Crippen LogP contribution < -0.4 is 10.2 Å². The summed E-state index contributed by atoms with van der Waals surface area (Å²) in [6.07, 6.45) is 38.5. The number of hydrogen-bond donors (Lipinski definition) is 2. The molecule has 3 atom stereocenters. The zero-order valence-electron chi connectivity index (χ0n) is 33.1. The van der Waals surface area contributed by atoms with Crippen molar-refractivity contribution in [2.75, 3.05) is 40.9 Å². The minimum absolute atomic E-state index is 0.00759. The van der Waals surface area contributed by atoms with Crippen LogP contribution in [0.25, 0.3) is 0 Å². The van der Waals surface area contributed by atoms with Gasteiger partial charge >= 0.3 is 0 Å². The zero-order chi connectivity index (χ0) is 37.2. The Kier molecular flexibility index (Phi) is 32.7. The summed E-state index contributed by atoms with van der Waals surface area (Å²) >= 11 is 0. The Bertz CT molecular complexity index is 917. The van der Waals surface area contributed by atoms with Gasteiger partial charge in [-0.15, -0.1) is 0 Å². The van der Waals surface area contributed by atoms with Crippen molar-refractivity contribution in [1.82, 2.24) is 5.32 Å². The highest BCUT2D eigenvalue weighted by molar-refractivity contribution is 7.45. The number of carbonyl (C=O) groups excluding carboxylic acids is 1. The third-order valence-electron chi connectivity index (χ3n) is 8.89. The van der Waals surface area contributed by atoms with Crippen LogP contribution in [0.5, 0.6) is 0 Å². The number of unbranched alkanes of at least 4 members (excludes halogenated alkanes) is 17. The smallest absolute Gasteiger partial charge is 0.268 e. The van der Waals surface area contributed by atoms with Gasteiger partial charge < -0.3 is 28.8 Å². The quantitative estimate of drug-likeness (QED) is 0.0288. The molecule has 0 aromatic carbocycles. The molecule has 0 rings (SSSR count). The summed E-state index contributed by atoms with van der Waals surface area (Å²) in [7, 11) is 1.29. The molecule has 0 bridgehead atoms. The predicted molar refractivity (Wildman–Crippen MR) is 210 cm³/mol. The Morgan fingerprint density at radius 2 is 1.22 bits per heavy atom. The van der Waals surface area contributed by atoms with Crippen LogP contribution in [0, 0.1) is 0 Å². The second-order valence-corrected chi connectivity index (χ2v) is 16.4. The lowest BCUT2D eigenvalue weighted by atomic mass is 10.0. The van der Waals surface area contributed by atoms with Gasteiger partial charge in [-0.2, -0.15) is 0 Å². The molecule has 0 aliphatic carbocycles. The first-order valence-electron chi connectivity index (χ1n) is 20.3. The third kappa shape index (κ3) is 35.1. The van der Waals surface area contributed by atoms with Crippen LogP contribution in [0.3, 0.4) is 0 Å². The van der Waals surface area contributed by atoms with E-state index in [0.29, 0.717) is 23.9 Å². The molecule has 0 spiro atoms. The van der Waals surface area contributed by atoms with Gasteiger partial charge in [-0.3, -0.25) is 9.36 Å². The molecule has 0 aliphatic rings. The van der Waals surface area contributed by atoms with Gasteiger partial charge in [0.2, 0.25) is 5.91 Å². The van der Waals surface area contributed by atoms with Crippen LogP contribution >= 0.6 is 7.82 Å². The van der Waals surface area contributed by atoms with E-state index >= 15 is 0 Å². The topological polar surface area (TPSA) is 108 Å². The Balaban J connectivity index is 4.46. The fourth-order valence-electron chi connectivity index (χ4n) is 5.64. The first-order chi connectivity index (χ1) is 24.0. The highest BCUT2D eigenvalue weighted by Gasteiger charge is 2.24. The maximum absolute atomic E-state index is 12.8. The molecule has 8 nitrogen and oxygen atoms in total. The van der Waals surface area contributed by atoms with Crippen molar-refractivity contribution in [3.05, 3.63) is 36.5 Å². The minimum Gasteiger partial charge on any atom is -0.756 e. The number of phosphoric ester groups is 1. The largest absolute Gasteiger partial charge is 0.756 e. The summed E-state index contributed by atoms with van der Waals surface area (Å²) in [6, 6.07) is -0.807. The third-order valence-corrected chi connectivity index (χ3v) is 9.86. The molecule has 0 saturated carbocycles. The van der Waals surface area contributed by atoms with Gasteiger partial charge in [0.25, 0.3) is 7.82 Å². The number of carbonyl (C=O) groups is 1. The minimum atomic E-state index is -4.56. The molecule has 50 heavy (non-hydrogen) atoms. The zero-order valence-corrected chi connectivity index (χ0v) is 34.0. The summed E-state index contributed by atoms with van der Waals surface area (Å²) in [4.78, 5) is 25.2. The van der Waals surface area contributed by atoms with E-state index in [1.54, 1.807) is 0 Å². The van der Waals surface area contributed by atoms with Crippen molar-refractivity contribution in [3.8, 4) is 0 Å². The average Bonchev–Trinajstić information content (AvgIpc) is 3.06. The predicted octanol–water partition coefficient (Wildman–Crippen LogP) is 10.1. The van der Waals surface area contributed by atoms with Crippen LogP contribution in [0.1, 0.15) is 168 Å². The number of amides is 1. The molecule has 0 radical (unpaired) electrons. The summed E-state index contributed by atoms with van der Waals surface area (Å²) in [5, 5.41) is 13.8. The summed E-state index contributed by atoms with van der Waals surface area (Å²) < 4.78 is 23.2. The molecule has 3 unspecified atom stereocenters. The molecule has 0 aromatic rings. The van der Waals surface area contributed by atoms with Gasteiger partial charge in [0.1, 0.15) is 13.2 Å². The van der Waals surface area contributed by atoms with E-state index in [1.807, 2.05) is 21.1 Å². The number of aliphatic hydroxyl groups is 1. The highest BCUT2D eigenvalue weighted by Crippen LogP contribution is 2.38. The van der Waals surface area contributed by atoms with E-state index in [0.717, 1.165) is 77.0 Å². The molecule has 1 amide bonds. The molecule has 0 aromatic heterocycles. The second kappa shape index (κ2) is 33.5. The summed E-state index contributed by atoms with van der Waals surface area (Å²) in [5.41, 5.74) is 0. The number of phosphoric acid groups is 1. The molecular formula is C41H79N2O6P. The van der Waals surface area contributed by atoms with Crippen LogP contribution in [0.2, 0.25) is 0 Å². The van der Waals surface area contributed by atoms with Gasteiger partial charge in [0.15, 0.2) is 0 Å². The monoisotopic (exact) mass is 727 g/mol. The van der Waals surface area contributed by atoms with E-state index < -0.39 is 20.0 Å². The lowest BCUT2D eigenvalue weighted by molar-refractivity contribution is -0.870. The number of hydrogen-bond acceptors (Lipinski definition) is 6. The van der Waals surface area contributed by atoms with E-state index in [1.165, 1.54) is 64.2 Å². The SMILES string of the molecule is CC/C=C\C/C=C\C/C=C\CCCCCCCC(=O)NC(COP(=O)([O-])OCC[N+](C)(C)C)C(O)CCCCCCCCCCCCCCC. The van der Waals surface area contributed by atoms with Crippen LogP contribution in [-0.4, -0.2) is 68.5 Å². The van der Waals surface area contributed by atoms with E-state index in [9.17, 15) is 19.4 Å². The van der Waals surface area contributed by atoms with Gasteiger partial charge in [0.05, 0.1) is 39.9 Å². The molecular weight excluding hydrogens is 647 g/mol. The van der Waals surface area contributed by atoms with Crippen molar-refractivity contribution in [2.24, 2.45) is 0 Å². The summed E-state index contributed by atoms with van der Waals surface area (Å²) in [5.74, 6) is -0.184. The first-order valence-corrected chi connectivity index (χ1v) is 21.8. The maximum Gasteiger partial charge on any atom is 0.268 e. The Hall–Kier alpha value is -1.28. The van der Waals surface area contributed by atoms with Gasteiger partial charge in [0, 0.05) is 6.42 Å². The lowest BCUT2D eigenvalue weighted by Crippen LogP contribution is -2.46. The van der Waals surface area contributed by atoms with Crippen molar-refractivity contribution >= 4 is 13.7 Å². The van der Waals surface area contributed by atoms with Gasteiger partial charge in [-0.05, 0) is 44.9 Å². The van der Waals surface area contributed by atoms with Crippen molar-refractivity contribution in [2.45, 2.75) is 180 Å². The van der Waals surface area contributed by atoms with E-state index in [-0.39, 0.29) is 19.1 Å². The molecule has 2 N–H and O–H groups in total. The molecule has 9 heteroatoms. The highest BCUT2D eigenvalue weighted by atomic mass is 31.2. The van der Waals surface area contributed by atoms with Gasteiger partial charge in [-0.1, -0.05) is 153 Å². The number of quaternary nitrogens is 1. The molecule has 0 fully saturated rings. The van der Waals surface area contributed by atoms with E-state index in [2.05, 4.69) is 55.6 Å². The number of rotatable bonds is 36. The molecule has 0 aliphatic heterocycles. The van der Waals surface area contributed by atoms with Crippen LogP contribution in [0.15, 0.2) is 36.5 Å². The Morgan fingerprint density at radius 3 is 1.78 bits per heavy atom. The fraction of sp³-hybridized carbons (Fsp3) is 0.829. The number of aliphatic hydroxyl groups excluding tert-OH is 1. The fourth-order valence-corrected chi connectivity index (χ4v) is 6.36. The standard InChI is InChI=1S/C41H79N2O6P/c1-6-8-10-12-14-16-18-20-21-23-25-27-29-31-33-35-41(45)42-39(38-49-50(46,47)48-37-36-43(3,4)5)40(44)34-32-30-28-26-24-22-19-17-15-13-11-9-7-2/h8,10,14,16,20-21,39-40,44H,6-7,9,11-13,15,17-19,22-38H2,1-5H3,(H-,42,45,46,47)/b10-8-,16-14-,21-20-. The first kappa shape index (κ1) is 48.7. The number of likely N-dealkylation sites (N-methyl/N-ethyl adjacent to an activating group) is 1. The second-order valence-electron chi connectivity index (χ2n) is 15.0. The molecule has 0 saturated heterocycles. The molecule has 294 valence electrons. The van der Waals surface area contributed by atoms with Crippen LogP contribution in [0.4, 0.5) is 0 Å². The normalized spacial score (nSPS) is 14.9. The Labute approximate surface area is 308 Å². The maximum atomic E-state index is 12.8. The average molecular weight is 727 g/mol. The lowest BCUT2D eigenvalue weighted by Gasteiger charge is -2.30. The molecule has 0 heterocycles. The van der Waals surface area contributed by atoms with Crippen LogP contribution in [-0.2, 0) is 18.4 Å². The van der Waals surface area contributed by atoms with Gasteiger partial charge in [-0.25, -0.2) is 0 Å².